The van der Waals surface area contributed by atoms with Crippen molar-refractivity contribution in [2.45, 2.75) is 0 Å². The Labute approximate surface area is 354 Å². The number of nitrogens with zero attached hydrogens (tertiary/aromatic N) is 3. The first kappa shape index (κ1) is 35.9. The van der Waals surface area contributed by atoms with E-state index in [9.17, 15) is 0 Å². The molecule has 4 nitrogen and oxygen atoms in total. The molecule has 0 amide bonds. The zero-order valence-corrected chi connectivity index (χ0v) is 33.1. The molecule has 61 heavy (non-hydrogen) atoms. The quantitative estimate of drug-likeness (QED) is 0.154. The minimum Gasteiger partial charge on any atom is -0.456 e. The molecule has 9 aromatic carbocycles. The number of aromatic nitrogens is 3. The highest BCUT2D eigenvalue weighted by Crippen LogP contribution is 2.41. The minimum atomic E-state index is 0.597. The van der Waals surface area contributed by atoms with Gasteiger partial charge in [-0.1, -0.05) is 206 Å². The van der Waals surface area contributed by atoms with Gasteiger partial charge in [0.2, 0.25) is 0 Å². The minimum absolute atomic E-state index is 0.597. The van der Waals surface area contributed by atoms with Crippen LogP contribution >= 0.6 is 0 Å². The fourth-order valence-electron chi connectivity index (χ4n) is 8.27. The van der Waals surface area contributed by atoms with Crippen LogP contribution in [0, 0.1) is 0 Å². The van der Waals surface area contributed by atoms with E-state index >= 15 is 0 Å². The second-order valence-electron chi connectivity index (χ2n) is 15.2. The first-order valence-electron chi connectivity index (χ1n) is 20.5. The molecule has 0 fully saturated rings. The topological polar surface area (TPSA) is 51.8 Å². The normalized spacial score (nSPS) is 11.3. The van der Waals surface area contributed by atoms with Crippen LogP contribution in [0.15, 0.2) is 229 Å². The van der Waals surface area contributed by atoms with E-state index in [0.717, 1.165) is 83.1 Å². The van der Waals surface area contributed by atoms with Crippen LogP contribution < -0.4 is 0 Å². The van der Waals surface area contributed by atoms with Gasteiger partial charge in [-0.05, 0) is 73.8 Å². The molecular weight excluding hydrogens is 743 g/mol. The van der Waals surface area contributed by atoms with Crippen molar-refractivity contribution in [1.82, 2.24) is 15.0 Å². The molecule has 11 aromatic rings. The van der Waals surface area contributed by atoms with Gasteiger partial charge in [-0.25, -0.2) is 15.0 Å². The number of benzene rings is 9. The monoisotopic (exact) mass is 779 g/mol. The van der Waals surface area contributed by atoms with E-state index in [0.29, 0.717) is 17.5 Å². The van der Waals surface area contributed by atoms with Crippen LogP contribution in [0.3, 0.4) is 0 Å². The highest BCUT2D eigenvalue weighted by molar-refractivity contribution is 6.14. The molecule has 0 aliphatic rings. The van der Waals surface area contributed by atoms with Gasteiger partial charge in [0, 0.05) is 27.5 Å². The van der Waals surface area contributed by atoms with E-state index in [4.69, 9.17) is 19.4 Å². The third-order valence-electron chi connectivity index (χ3n) is 11.4. The fraction of sp³-hybridized carbons (Fsp3) is 0. The maximum atomic E-state index is 6.54. The van der Waals surface area contributed by atoms with E-state index < -0.39 is 0 Å². The molecule has 0 spiro atoms. The van der Waals surface area contributed by atoms with Gasteiger partial charge in [0.1, 0.15) is 11.2 Å². The number of furan rings is 1. The van der Waals surface area contributed by atoms with Crippen molar-refractivity contribution in [2.24, 2.45) is 0 Å². The maximum absolute atomic E-state index is 6.54. The van der Waals surface area contributed by atoms with Crippen molar-refractivity contribution < 1.29 is 4.42 Å². The first-order valence-corrected chi connectivity index (χ1v) is 20.5. The van der Waals surface area contributed by atoms with E-state index in [-0.39, 0.29) is 0 Å². The van der Waals surface area contributed by atoms with Crippen molar-refractivity contribution in [2.75, 3.05) is 0 Å². The molecule has 0 saturated heterocycles. The van der Waals surface area contributed by atoms with Gasteiger partial charge in [0.05, 0.1) is 0 Å². The molecule has 0 radical (unpaired) electrons. The third kappa shape index (κ3) is 6.96. The SMILES string of the molecule is c1ccc(-c2ccc(-c3ccc(-c4nc(-c5ccc(-c6ccccc6)cc5)nc(-c5ccccc5-c5cccc6oc7cc(-c8ccccc8)ccc7c56)n4)cc3)cc2)cc1. The molecule has 0 aliphatic heterocycles. The lowest BCUT2D eigenvalue weighted by Gasteiger charge is -2.13. The zero-order chi connectivity index (χ0) is 40.5. The van der Waals surface area contributed by atoms with Crippen molar-refractivity contribution in [3.63, 3.8) is 0 Å². The average Bonchev–Trinajstić information content (AvgIpc) is 3.73. The Bertz CT molecular complexity index is 3300. The van der Waals surface area contributed by atoms with Crippen LogP contribution in [0.1, 0.15) is 0 Å². The van der Waals surface area contributed by atoms with Gasteiger partial charge in [0.25, 0.3) is 0 Å². The molecule has 286 valence electrons. The van der Waals surface area contributed by atoms with E-state index in [1.807, 2.05) is 30.3 Å². The molecule has 0 saturated carbocycles. The van der Waals surface area contributed by atoms with Gasteiger partial charge < -0.3 is 4.42 Å². The van der Waals surface area contributed by atoms with Crippen LogP contribution in [0.2, 0.25) is 0 Å². The Balaban J connectivity index is 1.02. The molecule has 4 heteroatoms. The second-order valence-corrected chi connectivity index (χ2v) is 15.2. The Morgan fingerprint density at radius 1 is 0.246 bits per heavy atom. The molecule has 0 atom stereocenters. The third-order valence-corrected chi connectivity index (χ3v) is 11.4. The zero-order valence-electron chi connectivity index (χ0n) is 33.1. The smallest absolute Gasteiger partial charge is 0.164 e. The van der Waals surface area contributed by atoms with Crippen molar-refractivity contribution >= 4 is 21.9 Å². The summed E-state index contributed by atoms with van der Waals surface area (Å²) >= 11 is 0. The first-order chi connectivity index (χ1) is 30.2. The van der Waals surface area contributed by atoms with E-state index in [1.54, 1.807) is 0 Å². The summed E-state index contributed by atoms with van der Waals surface area (Å²) in [6.45, 7) is 0. The van der Waals surface area contributed by atoms with Crippen LogP contribution in [0.5, 0.6) is 0 Å². The molecule has 0 N–H and O–H groups in total. The maximum Gasteiger partial charge on any atom is 0.164 e. The lowest BCUT2D eigenvalue weighted by molar-refractivity contribution is 0.669. The summed E-state index contributed by atoms with van der Waals surface area (Å²) in [7, 11) is 0. The summed E-state index contributed by atoms with van der Waals surface area (Å²) in [5, 5.41) is 2.12. The number of fused-ring (bicyclic) bond motifs is 3. The molecule has 0 unspecified atom stereocenters. The molecule has 0 aliphatic carbocycles. The van der Waals surface area contributed by atoms with Crippen LogP contribution in [0.4, 0.5) is 0 Å². The van der Waals surface area contributed by atoms with Crippen molar-refractivity contribution in [3.8, 4) is 89.8 Å². The Hall–Kier alpha value is -8.21. The molecule has 0 bridgehead atoms. The molecule has 2 aromatic heterocycles. The van der Waals surface area contributed by atoms with Crippen LogP contribution in [-0.4, -0.2) is 15.0 Å². The van der Waals surface area contributed by atoms with Gasteiger partial charge >= 0.3 is 0 Å². The highest BCUT2D eigenvalue weighted by atomic mass is 16.3. The Kier molecular flexibility index (Phi) is 9.14. The summed E-state index contributed by atoms with van der Waals surface area (Å²) in [5.41, 5.74) is 15.7. The van der Waals surface area contributed by atoms with Gasteiger partial charge in [-0.2, -0.15) is 0 Å². The van der Waals surface area contributed by atoms with E-state index in [1.165, 1.54) is 11.1 Å². The summed E-state index contributed by atoms with van der Waals surface area (Å²) in [6.07, 6.45) is 0. The van der Waals surface area contributed by atoms with Gasteiger partial charge in [-0.15, -0.1) is 0 Å². The Morgan fingerprint density at radius 3 is 1.13 bits per heavy atom. The average molecular weight is 780 g/mol. The standard InChI is InChI=1S/C57H37N3O/c1-4-13-38(14-5-1)41-23-25-43(26-24-41)44-29-33-46(34-30-44)56-58-55(45-31-27-42(28-32-45)39-15-6-2-7-16-39)59-57(60-56)50-20-11-10-19-48(50)49-21-12-22-52-54(49)51-36-35-47(37-53(51)61-52)40-17-8-3-9-18-40/h1-37H. The summed E-state index contributed by atoms with van der Waals surface area (Å²) in [4.78, 5) is 15.6. The largest absolute Gasteiger partial charge is 0.456 e. The number of hydrogen-bond acceptors (Lipinski definition) is 4. The van der Waals surface area contributed by atoms with Gasteiger partial charge in [0.15, 0.2) is 17.5 Å². The molecular formula is C57H37N3O. The lowest BCUT2D eigenvalue weighted by atomic mass is 9.94. The summed E-state index contributed by atoms with van der Waals surface area (Å²) in [6, 6.07) is 78.1. The number of rotatable bonds is 8. The Morgan fingerprint density at radius 2 is 0.623 bits per heavy atom. The van der Waals surface area contributed by atoms with Crippen LogP contribution in [0.25, 0.3) is 112 Å². The predicted octanol–water partition coefficient (Wildman–Crippen LogP) is 15.1. The lowest BCUT2D eigenvalue weighted by Crippen LogP contribution is -2.01. The molecule has 2 heterocycles. The predicted molar refractivity (Wildman–Crippen MR) is 251 cm³/mol. The summed E-state index contributed by atoms with van der Waals surface area (Å²) in [5.74, 6) is 1.81. The second kappa shape index (κ2) is 15.5. The van der Waals surface area contributed by atoms with E-state index in [2.05, 4.69) is 194 Å². The van der Waals surface area contributed by atoms with Crippen molar-refractivity contribution in [3.05, 3.63) is 224 Å². The van der Waals surface area contributed by atoms with Crippen molar-refractivity contribution in [1.29, 1.82) is 0 Å². The number of hydrogen-bond donors (Lipinski definition) is 0. The summed E-state index contributed by atoms with van der Waals surface area (Å²) < 4.78 is 6.54. The fourth-order valence-corrected chi connectivity index (χ4v) is 8.27. The van der Waals surface area contributed by atoms with Crippen LogP contribution in [-0.2, 0) is 0 Å². The van der Waals surface area contributed by atoms with Gasteiger partial charge in [-0.3, -0.25) is 0 Å². The molecule has 11 rings (SSSR count). The highest BCUT2D eigenvalue weighted by Gasteiger charge is 2.19.